The van der Waals surface area contributed by atoms with Gasteiger partial charge in [0.25, 0.3) is 0 Å². The highest BCUT2D eigenvalue weighted by Crippen LogP contribution is 2.26. The average Bonchev–Trinajstić information content (AvgIpc) is 2.27. The average molecular weight is 187 g/mol. The minimum atomic E-state index is -0.0545. The van der Waals surface area contributed by atoms with Gasteiger partial charge >= 0.3 is 0 Å². The molecule has 1 aromatic carbocycles. The predicted molar refractivity (Wildman–Crippen MR) is 58.3 cm³/mol. The van der Waals surface area contributed by atoms with E-state index in [9.17, 15) is 4.79 Å². The van der Waals surface area contributed by atoms with Crippen LogP contribution < -0.4 is 4.90 Å². The summed E-state index contributed by atoms with van der Waals surface area (Å²) in [6.45, 7) is 2.74. The first-order chi connectivity index (χ1) is 6.83. The number of nitrogens with zero attached hydrogens (tertiary/aromatic N) is 1. The number of carbonyl (C=O) groups excluding carboxylic acids is 1. The summed E-state index contributed by atoms with van der Waals surface area (Å²) in [5, 5.41) is 0. The number of anilines is 1. The minimum absolute atomic E-state index is 0.0545. The van der Waals surface area contributed by atoms with Crippen LogP contribution in [0.4, 0.5) is 5.69 Å². The van der Waals surface area contributed by atoms with Gasteiger partial charge in [-0.25, -0.2) is 0 Å². The van der Waals surface area contributed by atoms with E-state index in [0.29, 0.717) is 0 Å². The molecule has 0 saturated heterocycles. The van der Waals surface area contributed by atoms with E-state index < -0.39 is 0 Å². The zero-order chi connectivity index (χ0) is 9.97. The molecule has 0 saturated carbocycles. The third-order valence-corrected chi connectivity index (χ3v) is 2.53. The van der Waals surface area contributed by atoms with E-state index >= 15 is 0 Å². The van der Waals surface area contributed by atoms with Crippen molar-refractivity contribution < 1.29 is 4.79 Å². The van der Waals surface area contributed by atoms with E-state index in [1.165, 1.54) is 5.56 Å². The van der Waals surface area contributed by atoms with Crippen molar-refractivity contribution in [1.29, 1.82) is 0 Å². The molecule has 0 aromatic heterocycles. The van der Waals surface area contributed by atoms with Gasteiger partial charge in [0.05, 0.1) is 6.04 Å². The number of para-hydroxylation sites is 1. The molecular formula is C12H13NO. The van der Waals surface area contributed by atoms with Gasteiger partial charge in [0.2, 0.25) is 0 Å². The van der Waals surface area contributed by atoms with Crippen LogP contribution in [0.15, 0.2) is 30.3 Å². The summed E-state index contributed by atoms with van der Waals surface area (Å²) >= 11 is 0. The third-order valence-electron chi connectivity index (χ3n) is 2.53. The number of fused-ring (bicyclic) bond motifs is 1. The topological polar surface area (TPSA) is 20.3 Å². The molecule has 1 atom stereocenters. The standard InChI is InChI=1S/C12H13NO/c1-10(9-14)13-8-4-6-11-5-2-3-7-12(11)13/h2-7,9-10H,8H2,1H3. The van der Waals surface area contributed by atoms with Crippen molar-refractivity contribution in [3.63, 3.8) is 0 Å². The number of hydrogen-bond donors (Lipinski definition) is 0. The van der Waals surface area contributed by atoms with Gasteiger partial charge in [0.15, 0.2) is 0 Å². The first-order valence-corrected chi connectivity index (χ1v) is 4.80. The van der Waals surface area contributed by atoms with Crippen molar-refractivity contribution in [2.75, 3.05) is 11.4 Å². The smallest absolute Gasteiger partial charge is 0.142 e. The molecule has 1 aliphatic heterocycles. The Morgan fingerprint density at radius 2 is 2.21 bits per heavy atom. The Bertz CT molecular complexity index is 370. The Hall–Kier alpha value is -1.57. The van der Waals surface area contributed by atoms with Gasteiger partial charge in [-0.3, -0.25) is 0 Å². The molecular weight excluding hydrogens is 174 g/mol. The van der Waals surface area contributed by atoms with Crippen LogP contribution >= 0.6 is 0 Å². The highest BCUT2D eigenvalue weighted by Gasteiger charge is 2.16. The molecule has 0 amide bonds. The van der Waals surface area contributed by atoms with Crippen molar-refractivity contribution in [1.82, 2.24) is 0 Å². The first-order valence-electron chi connectivity index (χ1n) is 4.80. The number of carbonyl (C=O) groups is 1. The molecule has 72 valence electrons. The maximum absolute atomic E-state index is 10.7. The second kappa shape index (κ2) is 3.66. The normalized spacial score (nSPS) is 16.2. The fraction of sp³-hybridized carbons (Fsp3) is 0.250. The summed E-state index contributed by atoms with van der Waals surface area (Å²) in [6, 6.07) is 8.08. The molecule has 0 spiro atoms. The molecule has 2 rings (SSSR count). The second-order valence-corrected chi connectivity index (χ2v) is 3.49. The zero-order valence-electron chi connectivity index (χ0n) is 8.18. The van der Waals surface area contributed by atoms with Gasteiger partial charge in [-0.05, 0) is 18.6 Å². The predicted octanol–water partition coefficient (Wildman–Crippen LogP) is 2.11. The van der Waals surface area contributed by atoms with E-state index in [1.54, 1.807) is 0 Å². The van der Waals surface area contributed by atoms with Crippen LogP contribution in [-0.2, 0) is 4.79 Å². The number of benzene rings is 1. The van der Waals surface area contributed by atoms with Gasteiger partial charge < -0.3 is 9.69 Å². The fourth-order valence-electron chi connectivity index (χ4n) is 1.74. The molecule has 1 aliphatic rings. The molecule has 2 nitrogen and oxygen atoms in total. The zero-order valence-corrected chi connectivity index (χ0v) is 8.18. The molecule has 0 bridgehead atoms. The molecule has 0 N–H and O–H groups in total. The molecule has 14 heavy (non-hydrogen) atoms. The Labute approximate surface area is 83.8 Å². The van der Waals surface area contributed by atoms with Gasteiger partial charge in [0, 0.05) is 12.2 Å². The van der Waals surface area contributed by atoms with E-state index in [-0.39, 0.29) is 6.04 Å². The van der Waals surface area contributed by atoms with Crippen LogP contribution in [0.5, 0.6) is 0 Å². The number of rotatable bonds is 2. The largest absolute Gasteiger partial charge is 0.358 e. The quantitative estimate of drug-likeness (QED) is 0.661. The van der Waals surface area contributed by atoms with Crippen LogP contribution in [-0.4, -0.2) is 18.9 Å². The summed E-state index contributed by atoms with van der Waals surface area (Å²) in [5.41, 5.74) is 2.34. The molecule has 1 aromatic rings. The van der Waals surface area contributed by atoms with Crippen LogP contribution in [0.3, 0.4) is 0 Å². The van der Waals surface area contributed by atoms with Crippen molar-refractivity contribution in [2.24, 2.45) is 0 Å². The molecule has 0 aliphatic carbocycles. The van der Waals surface area contributed by atoms with Crippen LogP contribution in [0, 0.1) is 0 Å². The summed E-state index contributed by atoms with van der Waals surface area (Å²) in [5.74, 6) is 0. The SMILES string of the molecule is CC(C=O)N1CC=Cc2ccccc21. The van der Waals surface area contributed by atoms with Gasteiger partial charge in [-0.2, -0.15) is 0 Å². The van der Waals surface area contributed by atoms with Crippen molar-refractivity contribution in [2.45, 2.75) is 13.0 Å². The van der Waals surface area contributed by atoms with E-state index in [0.717, 1.165) is 18.5 Å². The highest BCUT2D eigenvalue weighted by molar-refractivity contribution is 5.75. The van der Waals surface area contributed by atoms with E-state index in [4.69, 9.17) is 0 Å². The lowest BCUT2D eigenvalue weighted by Gasteiger charge is -2.30. The summed E-state index contributed by atoms with van der Waals surface area (Å²) < 4.78 is 0. The molecule has 2 heteroatoms. The Morgan fingerprint density at radius 1 is 1.43 bits per heavy atom. The third kappa shape index (κ3) is 1.43. The van der Waals surface area contributed by atoms with Crippen molar-refractivity contribution in [3.05, 3.63) is 35.9 Å². The molecule has 0 fully saturated rings. The second-order valence-electron chi connectivity index (χ2n) is 3.49. The molecule has 0 radical (unpaired) electrons. The lowest BCUT2D eigenvalue weighted by atomic mass is 10.1. The van der Waals surface area contributed by atoms with E-state index in [1.807, 2.05) is 19.1 Å². The lowest BCUT2D eigenvalue weighted by Crippen LogP contribution is -2.35. The van der Waals surface area contributed by atoms with Gasteiger partial charge in [-0.1, -0.05) is 30.4 Å². The summed E-state index contributed by atoms with van der Waals surface area (Å²) in [6.07, 6.45) is 5.17. The number of hydrogen-bond acceptors (Lipinski definition) is 2. The van der Waals surface area contributed by atoms with Gasteiger partial charge in [0.1, 0.15) is 6.29 Å². The Balaban J connectivity index is 2.40. The lowest BCUT2D eigenvalue weighted by molar-refractivity contribution is -0.108. The highest BCUT2D eigenvalue weighted by atomic mass is 16.1. The Kier molecular flexibility index (Phi) is 2.35. The van der Waals surface area contributed by atoms with Crippen molar-refractivity contribution in [3.8, 4) is 0 Å². The minimum Gasteiger partial charge on any atom is -0.358 e. The molecule has 1 heterocycles. The van der Waals surface area contributed by atoms with Gasteiger partial charge in [-0.15, -0.1) is 0 Å². The van der Waals surface area contributed by atoms with Crippen LogP contribution in [0.2, 0.25) is 0 Å². The first kappa shape index (κ1) is 9.00. The monoisotopic (exact) mass is 187 g/mol. The van der Waals surface area contributed by atoms with Crippen molar-refractivity contribution >= 4 is 18.0 Å². The molecule has 1 unspecified atom stereocenters. The fourth-order valence-corrected chi connectivity index (χ4v) is 1.74. The van der Waals surface area contributed by atoms with Crippen LogP contribution in [0.1, 0.15) is 12.5 Å². The maximum atomic E-state index is 10.7. The number of aldehydes is 1. The summed E-state index contributed by atoms with van der Waals surface area (Å²) in [4.78, 5) is 12.8. The van der Waals surface area contributed by atoms with E-state index in [2.05, 4.69) is 29.2 Å². The summed E-state index contributed by atoms with van der Waals surface area (Å²) in [7, 11) is 0. The maximum Gasteiger partial charge on any atom is 0.142 e. The van der Waals surface area contributed by atoms with Crippen LogP contribution in [0.25, 0.3) is 6.08 Å². The Morgan fingerprint density at radius 3 is 3.00 bits per heavy atom.